The number of fused-ring (bicyclic) bond motifs is 2. The van der Waals surface area contributed by atoms with Crippen molar-refractivity contribution in [2.45, 2.75) is 58.5 Å². The number of hydrogen-bond acceptors (Lipinski definition) is 5. The van der Waals surface area contributed by atoms with E-state index in [0.29, 0.717) is 13.2 Å². The van der Waals surface area contributed by atoms with Crippen LogP contribution in [-0.2, 0) is 30.6 Å². The van der Waals surface area contributed by atoms with E-state index in [-0.39, 0.29) is 11.9 Å². The van der Waals surface area contributed by atoms with Crippen LogP contribution in [0.1, 0.15) is 49.2 Å². The van der Waals surface area contributed by atoms with E-state index >= 15 is 0 Å². The number of aromatic nitrogens is 1. The van der Waals surface area contributed by atoms with Gasteiger partial charge in [0.2, 0.25) is 5.91 Å². The minimum atomic E-state index is -0.0959. The molecule has 0 radical (unpaired) electrons. The van der Waals surface area contributed by atoms with Crippen molar-refractivity contribution in [3.63, 3.8) is 0 Å². The number of aryl methyl sites for hydroxylation is 2. The average Bonchev–Trinajstić information content (AvgIpc) is 2.87. The summed E-state index contributed by atoms with van der Waals surface area (Å²) >= 11 is 0. The standard InChI is InChI=1S/C27H36N4O2/c1-3-33-26-11-7-6-10-25(26)30-16-14-29(15-17-30)20(2)27(32)31-13-12-24-22(19-31)18-21-8-4-5-9-23(21)28-24/h6-7,10-11,18,20H,3-5,8-9,12-17,19H2,1-2H3. The molecule has 176 valence electrons. The van der Waals surface area contributed by atoms with Crippen molar-refractivity contribution >= 4 is 11.6 Å². The summed E-state index contributed by atoms with van der Waals surface area (Å²) in [5, 5.41) is 0. The van der Waals surface area contributed by atoms with Gasteiger partial charge in [0.05, 0.1) is 18.3 Å². The summed E-state index contributed by atoms with van der Waals surface area (Å²) in [5.41, 5.74) is 6.35. The fourth-order valence-corrected chi connectivity index (χ4v) is 5.56. The van der Waals surface area contributed by atoms with E-state index in [9.17, 15) is 4.79 Å². The summed E-state index contributed by atoms with van der Waals surface area (Å²) in [6.45, 7) is 9.82. The predicted octanol–water partition coefficient (Wildman–Crippen LogP) is 3.45. The van der Waals surface area contributed by atoms with Gasteiger partial charge in [-0.2, -0.15) is 0 Å². The Kier molecular flexibility index (Phi) is 6.54. The largest absolute Gasteiger partial charge is 0.492 e. The summed E-state index contributed by atoms with van der Waals surface area (Å²) in [6, 6.07) is 10.5. The third kappa shape index (κ3) is 4.58. The molecule has 1 aliphatic carbocycles. The van der Waals surface area contributed by atoms with Crippen LogP contribution in [0.4, 0.5) is 5.69 Å². The number of nitrogens with zero attached hydrogens (tertiary/aromatic N) is 4. The van der Waals surface area contributed by atoms with Gasteiger partial charge in [-0.1, -0.05) is 18.2 Å². The molecule has 0 saturated carbocycles. The SMILES string of the molecule is CCOc1ccccc1N1CCN(C(C)C(=O)N2CCc3nc4c(cc3C2)CCCC4)CC1. The van der Waals surface area contributed by atoms with Gasteiger partial charge in [-0.25, -0.2) is 0 Å². The number of benzene rings is 1. The highest BCUT2D eigenvalue weighted by atomic mass is 16.5. The lowest BCUT2D eigenvalue weighted by Crippen LogP contribution is -2.55. The third-order valence-electron chi connectivity index (χ3n) is 7.49. The first-order valence-electron chi connectivity index (χ1n) is 12.6. The molecule has 0 bridgehead atoms. The Morgan fingerprint density at radius 2 is 1.76 bits per heavy atom. The van der Waals surface area contributed by atoms with Gasteiger partial charge < -0.3 is 14.5 Å². The van der Waals surface area contributed by atoms with Gasteiger partial charge in [-0.3, -0.25) is 14.7 Å². The molecule has 1 aromatic heterocycles. The van der Waals surface area contributed by atoms with Gasteiger partial charge in [-0.15, -0.1) is 0 Å². The molecule has 1 amide bonds. The lowest BCUT2D eigenvalue weighted by atomic mass is 9.92. The molecule has 2 aromatic rings. The molecule has 33 heavy (non-hydrogen) atoms. The number of carbonyl (C=O) groups excluding carboxylic acids is 1. The number of hydrogen-bond donors (Lipinski definition) is 0. The second-order valence-electron chi connectivity index (χ2n) is 9.52. The van der Waals surface area contributed by atoms with Crippen molar-refractivity contribution in [3.8, 4) is 5.75 Å². The number of para-hydroxylation sites is 2. The van der Waals surface area contributed by atoms with E-state index in [1.54, 1.807) is 0 Å². The highest BCUT2D eigenvalue weighted by Crippen LogP contribution is 2.30. The number of rotatable bonds is 5. The Hall–Kier alpha value is -2.60. The van der Waals surface area contributed by atoms with Crippen LogP contribution >= 0.6 is 0 Å². The van der Waals surface area contributed by atoms with E-state index in [0.717, 1.165) is 63.4 Å². The third-order valence-corrected chi connectivity index (χ3v) is 7.49. The van der Waals surface area contributed by atoms with E-state index in [1.165, 1.54) is 35.4 Å². The van der Waals surface area contributed by atoms with Crippen molar-refractivity contribution in [2.75, 3.05) is 44.2 Å². The lowest BCUT2D eigenvalue weighted by molar-refractivity contribution is -0.137. The molecule has 1 unspecified atom stereocenters. The summed E-state index contributed by atoms with van der Waals surface area (Å²) in [7, 11) is 0. The van der Waals surface area contributed by atoms with Crippen LogP contribution in [0, 0.1) is 0 Å². The van der Waals surface area contributed by atoms with Crippen LogP contribution < -0.4 is 9.64 Å². The zero-order valence-corrected chi connectivity index (χ0v) is 20.1. The van der Waals surface area contributed by atoms with E-state index in [2.05, 4.69) is 39.8 Å². The van der Waals surface area contributed by atoms with Gasteiger partial charge in [0.1, 0.15) is 5.75 Å². The Labute approximate surface area is 197 Å². The number of carbonyl (C=O) groups is 1. The lowest BCUT2D eigenvalue weighted by Gasteiger charge is -2.40. The van der Waals surface area contributed by atoms with Gasteiger partial charge in [0.15, 0.2) is 0 Å². The predicted molar refractivity (Wildman–Crippen MR) is 131 cm³/mol. The Morgan fingerprint density at radius 1 is 1.00 bits per heavy atom. The summed E-state index contributed by atoms with van der Waals surface area (Å²) in [6.07, 6.45) is 5.64. The van der Waals surface area contributed by atoms with Crippen molar-refractivity contribution in [1.82, 2.24) is 14.8 Å². The van der Waals surface area contributed by atoms with Crippen LogP contribution in [0.15, 0.2) is 30.3 Å². The number of piperazine rings is 1. The number of pyridine rings is 1. The zero-order valence-electron chi connectivity index (χ0n) is 20.1. The smallest absolute Gasteiger partial charge is 0.239 e. The molecule has 5 rings (SSSR count). The first-order valence-corrected chi connectivity index (χ1v) is 12.6. The Balaban J connectivity index is 1.21. The van der Waals surface area contributed by atoms with E-state index < -0.39 is 0 Å². The van der Waals surface area contributed by atoms with Crippen LogP contribution in [0.2, 0.25) is 0 Å². The Bertz CT molecular complexity index is 1000. The van der Waals surface area contributed by atoms with E-state index in [4.69, 9.17) is 9.72 Å². The molecular formula is C27H36N4O2. The first-order chi connectivity index (χ1) is 16.1. The second-order valence-corrected chi connectivity index (χ2v) is 9.52. The van der Waals surface area contributed by atoms with Crippen molar-refractivity contribution in [2.24, 2.45) is 0 Å². The van der Waals surface area contributed by atoms with Gasteiger partial charge in [-0.05, 0) is 62.8 Å². The fourth-order valence-electron chi connectivity index (χ4n) is 5.56. The minimum absolute atomic E-state index is 0.0959. The molecule has 0 spiro atoms. The summed E-state index contributed by atoms with van der Waals surface area (Å²) in [4.78, 5) is 25.2. The van der Waals surface area contributed by atoms with Crippen LogP contribution in [0.5, 0.6) is 5.75 Å². The molecule has 3 aliphatic rings. The maximum Gasteiger partial charge on any atom is 0.239 e. The van der Waals surface area contributed by atoms with Crippen LogP contribution in [-0.4, -0.2) is 66.1 Å². The van der Waals surface area contributed by atoms with Crippen molar-refractivity contribution in [3.05, 3.63) is 52.8 Å². The molecule has 3 heterocycles. The zero-order chi connectivity index (χ0) is 22.8. The number of amides is 1. The highest BCUT2D eigenvalue weighted by molar-refractivity contribution is 5.81. The van der Waals surface area contributed by atoms with Crippen molar-refractivity contribution in [1.29, 1.82) is 0 Å². The summed E-state index contributed by atoms with van der Waals surface area (Å²) < 4.78 is 5.82. The monoisotopic (exact) mass is 448 g/mol. The highest BCUT2D eigenvalue weighted by Gasteiger charge is 2.31. The Morgan fingerprint density at radius 3 is 2.58 bits per heavy atom. The second kappa shape index (κ2) is 9.72. The van der Waals surface area contributed by atoms with Crippen molar-refractivity contribution < 1.29 is 9.53 Å². The van der Waals surface area contributed by atoms with Crippen LogP contribution in [0.25, 0.3) is 0 Å². The molecule has 6 heteroatoms. The molecule has 6 nitrogen and oxygen atoms in total. The van der Waals surface area contributed by atoms with E-state index in [1.807, 2.05) is 19.1 Å². The first kappa shape index (κ1) is 22.2. The van der Waals surface area contributed by atoms with Crippen LogP contribution in [0.3, 0.4) is 0 Å². The normalized spacial score (nSPS) is 19.6. The molecule has 1 atom stereocenters. The topological polar surface area (TPSA) is 48.9 Å². The molecule has 1 aromatic carbocycles. The molecule has 2 aliphatic heterocycles. The molecule has 0 N–H and O–H groups in total. The molecule has 1 saturated heterocycles. The number of ether oxygens (including phenoxy) is 1. The fraction of sp³-hybridized carbons (Fsp3) is 0.556. The van der Waals surface area contributed by atoms with Gasteiger partial charge >= 0.3 is 0 Å². The molecular weight excluding hydrogens is 412 g/mol. The summed E-state index contributed by atoms with van der Waals surface area (Å²) in [5.74, 6) is 1.20. The average molecular weight is 449 g/mol. The maximum absolute atomic E-state index is 13.4. The van der Waals surface area contributed by atoms with Gasteiger partial charge in [0, 0.05) is 57.1 Å². The molecule has 1 fully saturated rings. The minimum Gasteiger partial charge on any atom is -0.492 e. The maximum atomic E-state index is 13.4. The van der Waals surface area contributed by atoms with Gasteiger partial charge in [0.25, 0.3) is 0 Å². The number of anilines is 1. The quantitative estimate of drug-likeness (QED) is 0.701.